The van der Waals surface area contributed by atoms with Crippen LogP contribution < -0.4 is 25.8 Å². The minimum absolute atomic E-state index is 0.00535. The monoisotopic (exact) mass is 486 g/mol. The van der Waals surface area contributed by atoms with E-state index in [9.17, 15) is 17.1 Å². The molecule has 0 spiro atoms. The minimum atomic E-state index is -4.79. The molecule has 0 unspecified atom stereocenters. The number of nitrogens with one attached hydrogen (secondary N) is 3. The van der Waals surface area contributed by atoms with E-state index in [-0.39, 0.29) is 5.84 Å². The van der Waals surface area contributed by atoms with Gasteiger partial charge in [0.15, 0.2) is 0 Å². The number of carbonyl (C=O) groups is 1. The summed E-state index contributed by atoms with van der Waals surface area (Å²) in [5.41, 5.74) is 6.88. The van der Waals surface area contributed by atoms with Crippen molar-refractivity contribution in [1.29, 1.82) is 5.41 Å². The molecule has 0 fully saturated rings. The van der Waals surface area contributed by atoms with Gasteiger partial charge in [0, 0.05) is 23.4 Å². The summed E-state index contributed by atoms with van der Waals surface area (Å²) >= 11 is 0. The van der Waals surface area contributed by atoms with Gasteiger partial charge in [-0.2, -0.15) is 8.42 Å². The Morgan fingerprint density at radius 1 is 0.824 bits per heavy atom. The lowest BCUT2D eigenvalue weighted by Crippen LogP contribution is -2.19. The van der Waals surface area contributed by atoms with Crippen LogP contribution in [0.2, 0.25) is 0 Å². The number of carbonyl (C=O) groups excluding carboxylic acids is 1. The van der Waals surface area contributed by atoms with Crippen LogP contribution >= 0.6 is 0 Å². The van der Waals surface area contributed by atoms with Gasteiger partial charge in [-0.15, -0.1) is 3.89 Å². The topological polar surface area (TPSA) is 144 Å². The fourth-order valence-electron chi connectivity index (χ4n) is 2.80. The zero-order chi connectivity index (χ0) is 24.6. The van der Waals surface area contributed by atoms with Crippen LogP contribution in [0.4, 0.5) is 20.1 Å². The normalized spacial score (nSPS) is 10.9. The van der Waals surface area contributed by atoms with Gasteiger partial charge in [0.05, 0.1) is 18.1 Å². The third-order valence-electron chi connectivity index (χ3n) is 4.50. The number of halogens is 1. The van der Waals surface area contributed by atoms with E-state index in [2.05, 4.69) is 10.6 Å². The van der Waals surface area contributed by atoms with E-state index in [0.717, 1.165) is 12.1 Å². The average Bonchev–Trinajstić information content (AvgIpc) is 2.80. The van der Waals surface area contributed by atoms with Gasteiger partial charge < -0.3 is 25.8 Å². The molecular formula is C23H23FN4O5S. The molecule has 0 saturated heterocycles. The van der Waals surface area contributed by atoms with E-state index in [1.807, 2.05) is 0 Å². The third kappa shape index (κ3) is 7.48. The van der Waals surface area contributed by atoms with Crippen LogP contribution in [0.5, 0.6) is 11.5 Å². The Hall–Kier alpha value is -4.12. The highest BCUT2D eigenvalue weighted by Crippen LogP contribution is 2.18. The lowest BCUT2D eigenvalue weighted by molar-refractivity contribution is 0.247. The van der Waals surface area contributed by atoms with E-state index < -0.39 is 21.1 Å². The maximum absolute atomic E-state index is 12.9. The number of rotatable bonds is 10. The van der Waals surface area contributed by atoms with Crippen molar-refractivity contribution in [1.82, 2.24) is 0 Å². The summed E-state index contributed by atoms with van der Waals surface area (Å²) in [6, 6.07) is 17.8. The number of benzene rings is 3. The fraction of sp³-hybridized carbons (Fsp3) is 0.130. The second-order valence-corrected chi connectivity index (χ2v) is 8.40. The van der Waals surface area contributed by atoms with Crippen molar-refractivity contribution in [2.45, 2.75) is 11.3 Å². The summed E-state index contributed by atoms with van der Waals surface area (Å²) in [7, 11) is -4.79. The second-order valence-electron chi connectivity index (χ2n) is 7.05. The van der Waals surface area contributed by atoms with Crippen molar-refractivity contribution in [3.05, 3.63) is 78.4 Å². The number of anilines is 2. The SMILES string of the molecule is N=C(N)c1ccc(OCCCOc2ccc(NC(=O)Nc3ccc(S(=O)(=O)F)cc3)cc2)cc1. The van der Waals surface area contributed by atoms with Gasteiger partial charge in [-0.05, 0) is 72.8 Å². The summed E-state index contributed by atoms with van der Waals surface area (Å²) in [5, 5.41) is 12.5. The molecule has 178 valence electrons. The molecule has 5 N–H and O–H groups in total. The maximum Gasteiger partial charge on any atom is 0.332 e. The van der Waals surface area contributed by atoms with Crippen LogP contribution in [0, 0.1) is 5.41 Å². The first kappa shape index (κ1) is 24.5. The number of nitrogens with two attached hydrogens (primary N) is 1. The van der Waals surface area contributed by atoms with Gasteiger partial charge in [-0.1, -0.05) is 0 Å². The van der Waals surface area contributed by atoms with Gasteiger partial charge in [0.25, 0.3) is 0 Å². The molecule has 0 atom stereocenters. The van der Waals surface area contributed by atoms with Crippen LogP contribution in [0.15, 0.2) is 77.7 Å². The van der Waals surface area contributed by atoms with Crippen molar-refractivity contribution in [2.75, 3.05) is 23.8 Å². The van der Waals surface area contributed by atoms with E-state index in [1.54, 1.807) is 48.5 Å². The van der Waals surface area contributed by atoms with E-state index in [4.69, 9.17) is 20.6 Å². The maximum atomic E-state index is 12.9. The van der Waals surface area contributed by atoms with E-state index in [0.29, 0.717) is 48.1 Å². The Bertz CT molecular complexity index is 1230. The fourth-order valence-corrected chi connectivity index (χ4v) is 3.26. The molecule has 0 bridgehead atoms. The van der Waals surface area contributed by atoms with Gasteiger partial charge in [-0.3, -0.25) is 5.41 Å². The first-order valence-electron chi connectivity index (χ1n) is 10.1. The number of amidine groups is 1. The highest BCUT2D eigenvalue weighted by molar-refractivity contribution is 7.86. The molecule has 0 aliphatic heterocycles. The highest BCUT2D eigenvalue weighted by Gasteiger charge is 2.11. The predicted molar refractivity (Wildman–Crippen MR) is 127 cm³/mol. The Labute approximate surface area is 196 Å². The zero-order valence-corrected chi connectivity index (χ0v) is 18.8. The predicted octanol–water partition coefficient (Wildman–Crippen LogP) is 4.12. The molecule has 0 radical (unpaired) electrons. The second kappa shape index (κ2) is 11.1. The summed E-state index contributed by atoms with van der Waals surface area (Å²) in [5.74, 6) is 1.31. The number of ether oxygens (including phenoxy) is 2. The molecule has 0 saturated carbocycles. The summed E-state index contributed by atoms with van der Waals surface area (Å²) in [4.78, 5) is 11.6. The smallest absolute Gasteiger partial charge is 0.332 e. The zero-order valence-electron chi connectivity index (χ0n) is 18.0. The molecule has 34 heavy (non-hydrogen) atoms. The number of amides is 2. The van der Waals surface area contributed by atoms with Crippen molar-refractivity contribution < 1.29 is 26.6 Å². The van der Waals surface area contributed by atoms with E-state index in [1.165, 1.54) is 12.1 Å². The lowest BCUT2D eigenvalue weighted by Gasteiger charge is -2.10. The molecule has 3 rings (SSSR count). The standard InChI is InChI=1S/C23H23FN4O5S/c24-34(30,31)21-12-6-18(7-13-21)28-23(29)27-17-4-10-20(11-5-17)33-15-1-14-32-19-8-2-16(3-9-19)22(25)26/h2-13H,1,14-15H2,(H3,25,26)(H2,27,28,29). The molecule has 0 aliphatic carbocycles. The molecule has 0 aromatic heterocycles. The molecule has 0 aliphatic rings. The first-order chi connectivity index (χ1) is 16.2. The number of hydrogen-bond donors (Lipinski definition) is 4. The molecule has 9 nitrogen and oxygen atoms in total. The number of urea groups is 1. The van der Waals surface area contributed by atoms with Crippen molar-refractivity contribution in [2.24, 2.45) is 5.73 Å². The molecular weight excluding hydrogens is 463 g/mol. The Morgan fingerprint density at radius 3 is 1.71 bits per heavy atom. The van der Waals surface area contributed by atoms with Crippen LogP contribution in [0.25, 0.3) is 0 Å². The number of hydrogen-bond acceptors (Lipinski definition) is 6. The van der Waals surface area contributed by atoms with Gasteiger partial charge in [-0.25, -0.2) is 4.79 Å². The summed E-state index contributed by atoms with van der Waals surface area (Å²) in [6.07, 6.45) is 0.652. The van der Waals surface area contributed by atoms with E-state index >= 15 is 0 Å². The van der Waals surface area contributed by atoms with Crippen molar-refractivity contribution >= 4 is 33.5 Å². The highest BCUT2D eigenvalue weighted by atomic mass is 32.3. The van der Waals surface area contributed by atoms with Crippen LogP contribution in [0.1, 0.15) is 12.0 Å². The van der Waals surface area contributed by atoms with Crippen molar-refractivity contribution in [3.63, 3.8) is 0 Å². The Balaban J connectivity index is 1.38. The third-order valence-corrected chi connectivity index (χ3v) is 5.33. The van der Waals surface area contributed by atoms with Crippen molar-refractivity contribution in [3.8, 4) is 11.5 Å². The molecule has 3 aromatic carbocycles. The van der Waals surface area contributed by atoms with Crippen LogP contribution in [-0.4, -0.2) is 33.5 Å². The molecule has 11 heteroatoms. The average molecular weight is 487 g/mol. The largest absolute Gasteiger partial charge is 0.493 e. The lowest BCUT2D eigenvalue weighted by atomic mass is 10.2. The molecule has 3 aromatic rings. The minimum Gasteiger partial charge on any atom is -0.493 e. The Morgan fingerprint density at radius 2 is 1.26 bits per heavy atom. The van der Waals surface area contributed by atoms with Gasteiger partial charge in [0.2, 0.25) is 0 Å². The summed E-state index contributed by atoms with van der Waals surface area (Å²) in [6.45, 7) is 0.890. The quantitative estimate of drug-likeness (QED) is 0.147. The Kier molecular flexibility index (Phi) is 8.04. The van der Waals surface area contributed by atoms with Crippen LogP contribution in [-0.2, 0) is 10.2 Å². The first-order valence-corrected chi connectivity index (χ1v) is 11.5. The summed E-state index contributed by atoms with van der Waals surface area (Å²) < 4.78 is 45.8. The van der Waals surface area contributed by atoms with Gasteiger partial charge >= 0.3 is 16.3 Å². The van der Waals surface area contributed by atoms with Crippen LogP contribution in [0.3, 0.4) is 0 Å². The van der Waals surface area contributed by atoms with Gasteiger partial charge in [0.1, 0.15) is 17.3 Å². The molecule has 2 amide bonds. The molecule has 0 heterocycles. The number of nitrogen functional groups attached to an aromatic ring is 1.